The van der Waals surface area contributed by atoms with E-state index in [1.165, 1.54) is 0 Å². The van der Waals surface area contributed by atoms with Crippen molar-refractivity contribution in [1.29, 1.82) is 0 Å². The minimum absolute atomic E-state index is 0.0404. The van der Waals surface area contributed by atoms with Gasteiger partial charge >= 0.3 is 6.03 Å². The molecule has 0 bridgehead atoms. The Labute approximate surface area is 137 Å². The van der Waals surface area contributed by atoms with Crippen LogP contribution in [0.3, 0.4) is 0 Å². The minimum atomic E-state index is -0.227. The molecule has 2 amide bonds. The monoisotopic (exact) mass is 319 g/mol. The number of rotatable bonds is 7. The van der Waals surface area contributed by atoms with Crippen molar-refractivity contribution in [3.63, 3.8) is 0 Å². The van der Waals surface area contributed by atoms with Crippen molar-refractivity contribution in [2.75, 3.05) is 45.9 Å². The Hall–Kier alpha value is -1.92. The number of nitrogens with one attached hydrogen (secondary N) is 2. The van der Waals surface area contributed by atoms with Crippen molar-refractivity contribution < 1.29 is 14.3 Å². The van der Waals surface area contributed by atoms with Crippen LogP contribution < -0.4 is 10.6 Å². The van der Waals surface area contributed by atoms with E-state index in [9.17, 15) is 9.59 Å². The highest BCUT2D eigenvalue weighted by molar-refractivity contribution is 5.96. The molecule has 1 aliphatic heterocycles. The lowest BCUT2D eigenvalue weighted by molar-refractivity contribution is 0.0387. The summed E-state index contributed by atoms with van der Waals surface area (Å²) in [7, 11) is 0. The molecule has 126 valence electrons. The van der Waals surface area contributed by atoms with Gasteiger partial charge in [0.2, 0.25) is 0 Å². The number of ketones is 1. The molecule has 0 radical (unpaired) electrons. The summed E-state index contributed by atoms with van der Waals surface area (Å²) in [5.41, 5.74) is 1.81. The molecule has 2 rings (SSSR count). The molecule has 1 saturated heterocycles. The molecule has 23 heavy (non-hydrogen) atoms. The van der Waals surface area contributed by atoms with E-state index in [2.05, 4.69) is 15.5 Å². The maximum absolute atomic E-state index is 12.0. The summed E-state index contributed by atoms with van der Waals surface area (Å²) in [5.74, 6) is 0.0404. The predicted octanol–water partition coefficient (Wildman–Crippen LogP) is 1.20. The number of morpholine rings is 1. The highest BCUT2D eigenvalue weighted by Crippen LogP contribution is 2.05. The lowest BCUT2D eigenvalue weighted by atomic mass is 10.1. The van der Waals surface area contributed by atoms with E-state index >= 15 is 0 Å². The lowest BCUT2D eigenvalue weighted by Gasteiger charge is -2.26. The van der Waals surface area contributed by atoms with Crippen LogP contribution in [0.1, 0.15) is 22.3 Å². The third-order valence-electron chi connectivity index (χ3n) is 3.83. The second kappa shape index (κ2) is 9.27. The molecular weight excluding hydrogens is 294 g/mol. The van der Waals surface area contributed by atoms with Gasteiger partial charge in [0.1, 0.15) is 0 Å². The summed E-state index contributed by atoms with van der Waals surface area (Å²) in [6, 6.07) is 7.24. The topological polar surface area (TPSA) is 70.7 Å². The number of aryl methyl sites for hydroxylation is 1. The summed E-state index contributed by atoms with van der Waals surface area (Å²) in [6.07, 6.45) is 0.306. The van der Waals surface area contributed by atoms with Gasteiger partial charge in [-0.25, -0.2) is 4.79 Å². The Morgan fingerprint density at radius 1 is 1.09 bits per heavy atom. The van der Waals surface area contributed by atoms with E-state index < -0.39 is 0 Å². The summed E-state index contributed by atoms with van der Waals surface area (Å²) in [6.45, 7) is 7.08. The zero-order chi connectivity index (χ0) is 16.5. The largest absolute Gasteiger partial charge is 0.379 e. The summed E-state index contributed by atoms with van der Waals surface area (Å²) in [4.78, 5) is 25.9. The van der Waals surface area contributed by atoms with Crippen molar-refractivity contribution >= 4 is 11.8 Å². The van der Waals surface area contributed by atoms with Crippen LogP contribution in [-0.2, 0) is 4.74 Å². The van der Waals surface area contributed by atoms with Gasteiger partial charge in [-0.05, 0) is 6.92 Å². The van der Waals surface area contributed by atoms with Crippen molar-refractivity contribution in [3.8, 4) is 0 Å². The maximum atomic E-state index is 12.0. The molecule has 0 unspecified atom stereocenters. The number of carbonyl (C=O) groups is 2. The molecule has 0 aliphatic carbocycles. The van der Waals surface area contributed by atoms with E-state index in [-0.39, 0.29) is 11.8 Å². The van der Waals surface area contributed by atoms with Crippen LogP contribution in [0.2, 0.25) is 0 Å². The number of hydrogen-bond acceptors (Lipinski definition) is 4. The van der Waals surface area contributed by atoms with Gasteiger partial charge in [-0.2, -0.15) is 0 Å². The fraction of sp³-hybridized carbons (Fsp3) is 0.529. The maximum Gasteiger partial charge on any atom is 0.314 e. The zero-order valence-corrected chi connectivity index (χ0v) is 13.6. The smallest absolute Gasteiger partial charge is 0.314 e. The van der Waals surface area contributed by atoms with E-state index in [4.69, 9.17) is 4.74 Å². The number of nitrogens with zero attached hydrogens (tertiary/aromatic N) is 1. The molecule has 1 aliphatic rings. The SMILES string of the molecule is Cc1ccc(C(=O)CCNC(=O)NCCN2CCOCC2)cc1. The van der Waals surface area contributed by atoms with E-state index in [0.717, 1.165) is 38.4 Å². The summed E-state index contributed by atoms with van der Waals surface area (Å²) in [5, 5.41) is 5.53. The highest BCUT2D eigenvalue weighted by Gasteiger charge is 2.10. The molecule has 6 nitrogen and oxygen atoms in total. The first-order valence-electron chi connectivity index (χ1n) is 8.07. The molecule has 0 saturated carbocycles. The van der Waals surface area contributed by atoms with Crippen LogP contribution in [0.15, 0.2) is 24.3 Å². The van der Waals surface area contributed by atoms with E-state index in [1.54, 1.807) is 0 Å². The standard InChI is InChI=1S/C17H25N3O3/c1-14-2-4-15(5-3-14)16(21)6-7-18-17(22)19-8-9-20-10-12-23-13-11-20/h2-5H,6-13H2,1H3,(H2,18,19,22). The van der Waals surface area contributed by atoms with Crippen LogP contribution in [0.25, 0.3) is 0 Å². The Morgan fingerprint density at radius 2 is 1.74 bits per heavy atom. The van der Waals surface area contributed by atoms with Crippen molar-refractivity contribution in [2.24, 2.45) is 0 Å². The number of hydrogen-bond donors (Lipinski definition) is 2. The molecule has 1 heterocycles. The van der Waals surface area contributed by atoms with Crippen molar-refractivity contribution in [1.82, 2.24) is 15.5 Å². The second-order valence-corrected chi connectivity index (χ2v) is 5.68. The first-order valence-corrected chi connectivity index (χ1v) is 8.07. The molecule has 2 N–H and O–H groups in total. The number of amides is 2. The third-order valence-corrected chi connectivity index (χ3v) is 3.83. The highest BCUT2D eigenvalue weighted by atomic mass is 16.5. The number of carbonyl (C=O) groups excluding carboxylic acids is 2. The van der Waals surface area contributed by atoms with Crippen LogP contribution in [-0.4, -0.2) is 62.7 Å². The van der Waals surface area contributed by atoms with Crippen molar-refractivity contribution in [3.05, 3.63) is 35.4 Å². The number of benzene rings is 1. The summed E-state index contributed by atoms with van der Waals surface area (Å²) >= 11 is 0. The van der Waals surface area contributed by atoms with Crippen LogP contribution >= 0.6 is 0 Å². The predicted molar refractivity (Wildman–Crippen MR) is 88.8 cm³/mol. The Bertz CT molecular complexity index is 510. The average Bonchev–Trinajstić information content (AvgIpc) is 2.56. The van der Waals surface area contributed by atoms with Gasteiger partial charge in [0, 0.05) is 44.7 Å². The van der Waals surface area contributed by atoms with Gasteiger partial charge in [-0.3, -0.25) is 9.69 Å². The fourth-order valence-corrected chi connectivity index (χ4v) is 2.39. The Balaban J connectivity index is 1.57. The van der Waals surface area contributed by atoms with Gasteiger partial charge in [0.05, 0.1) is 13.2 Å². The molecule has 0 spiro atoms. The van der Waals surface area contributed by atoms with E-state index in [0.29, 0.717) is 25.1 Å². The lowest BCUT2D eigenvalue weighted by Crippen LogP contribution is -2.44. The summed E-state index contributed by atoms with van der Waals surface area (Å²) < 4.78 is 5.27. The molecular formula is C17H25N3O3. The van der Waals surface area contributed by atoms with Crippen LogP contribution in [0.5, 0.6) is 0 Å². The molecule has 1 aromatic carbocycles. The normalized spacial score (nSPS) is 15.2. The van der Waals surface area contributed by atoms with Gasteiger partial charge in [-0.1, -0.05) is 29.8 Å². The fourth-order valence-electron chi connectivity index (χ4n) is 2.39. The second-order valence-electron chi connectivity index (χ2n) is 5.68. The van der Waals surface area contributed by atoms with Crippen LogP contribution in [0.4, 0.5) is 4.79 Å². The third kappa shape index (κ3) is 6.38. The zero-order valence-electron chi connectivity index (χ0n) is 13.6. The van der Waals surface area contributed by atoms with Crippen molar-refractivity contribution in [2.45, 2.75) is 13.3 Å². The Morgan fingerprint density at radius 3 is 2.43 bits per heavy atom. The molecule has 1 aromatic rings. The molecule has 1 fully saturated rings. The minimum Gasteiger partial charge on any atom is -0.379 e. The first-order chi connectivity index (χ1) is 11.1. The quantitative estimate of drug-likeness (QED) is 0.741. The average molecular weight is 319 g/mol. The number of Topliss-reactive ketones (excluding diaryl/α,β-unsaturated/α-hetero) is 1. The number of ether oxygens (including phenoxy) is 1. The van der Waals surface area contributed by atoms with E-state index in [1.807, 2.05) is 31.2 Å². The number of urea groups is 1. The van der Waals surface area contributed by atoms with Crippen LogP contribution in [0, 0.1) is 6.92 Å². The Kier molecular flexibility index (Phi) is 7.03. The van der Waals surface area contributed by atoms with Gasteiger partial charge in [0.15, 0.2) is 5.78 Å². The van der Waals surface area contributed by atoms with Gasteiger partial charge in [0.25, 0.3) is 0 Å². The molecule has 6 heteroatoms. The van der Waals surface area contributed by atoms with Gasteiger partial charge in [-0.15, -0.1) is 0 Å². The molecule has 0 atom stereocenters. The first kappa shape index (κ1) is 17.4. The van der Waals surface area contributed by atoms with Gasteiger partial charge < -0.3 is 15.4 Å². The molecule has 0 aromatic heterocycles.